The number of anilines is 1. The summed E-state index contributed by atoms with van der Waals surface area (Å²) in [5.74, 6) is 0.0413. The molecule has 0 bridgehead atoms. The highest BCUT2D eigenvalue weighted by Gasteiger charge is 2.35. The molecule has 0 saturated carbocycles. The number of sulfonamides is 1. The Kier molecular flexibility index (Phi) is 5.12. The summed E-state index contributed by atoms with van der Waals surface area (Å²) in [4.78, 5) is 15.1. The summed E-state index contributed by atoms with van der Waals surface area (Å²) in [5, 5.41) is 3.48. The summed E-state index contributed by atoms with van der Waals surface area (Å²) in [6.45, 7) is 4.95. The van der Waals surface area contributed by atoms with Crippen LogP contribution in [0.25, 0.3) is 0 Å². The van der Waals surface area contributed by atoms with Crippen LogP contribution in [0, 0.1) is 19.8 Å². The first-order valence-corrected chi connectivity index (χ1v) is 11.3. The Bertz CT molecular complexity index is 1100. The Morgan fingerprint density at radius 3 is 2.76 bits per heavy atom. The molecule has 152 valence electrons. The highest BCUT2D eigenvalue weighted by molar-refractivity contribution is 7.90. The monoisotopic (exact) mass is 431 g/mol. The van der Waals surface area contributed by atoms with Crippen molar-refractivity contribution in [3.05, 3.63) is 58.1 Å². The van der Waals surface area contributed by atoms with Crippen LogP contribution in [-0.4, -0.2) is 38.2 Å². The number of amides is 1. The van der Waals surface area contributed by atoms with Gasteiger partial charge in [-0.25, -0.2) is 0 Å². The van der Waals surface area contributed by atoms with Gasteiger partial charge in [-0.1, -0.05) is 29.8 Å². The van der Waals surface area contributed by atoms with Gasteiger partial charge in [0, 0.05) is 18.7 Å². The van der Waals surface area contributed by atoms with E-state index in [1.807, 2.05) is 30.9 Å². The van der Waals surface area contributed by atoms with Gasteiger partial charge < -0.3 is 10.2 Å². The van der Waals surface area contributed by atoms with Crippen molar-refractivity contribution in [1.82, 2.24) is 4.90 Å². The second-order valence-corrected chi connectivity index (χ2v) is 9.58. The first kappa shape index (κ1) is 19.9. The lowest BCUT2D eigenvalue weighted by atomic mass is 9.96. The Morgan fingerprint density at radius 1 is 1.24 bits per heavy atom. The second kappa shape index (κ2) is 7.46. The number of amidine groups is 1. The van der Waals surface area contributed by atoms with Crippen molar-refractivity contribution in [3.8, 4) is 0 Å². The molecule has 1 amide bonds. The fourth-order valence-corrected chi connectivity index (χ4v) is 5.60. The molecule has 29 heavy (non-hydrogen) atoms. The first-order valence-electron chi connectivity index (χ1n) is 9.53. The van der Waals surface area contributed by atoms with Crippen molar-refractivity contribution in [2.24, 2.45) is 10.3 Å². The summed E-state index contributed by atoms with van der Waals surface area (Å²) in [5.41, 5.74) is 3.18. The fraction of sp³-hybridized carbons (Fsp3) is 0.333. The highest BCUT2D eigenvalue weighted by atomic mass is 35.5. The molecule has 0 radical (unpaired) electrons. The van der Waals surface area contributed by atoms with Crippen LogP contribution in [0.4, 0.5) is 5.69 Å². The van der Waals surface area contributed by atoms with Crippen LogP contribution in [0.2, 0.25) is 5.02 Å². The maximum Gasteiger partial charge on any atom is 0.285 e. The van der Waals surface area contributed by atoms with Crippen LogP contribution in [0.1, 0.15) is 29.5 Å². The zero-order valence-corrected chi connectivity index (χ0v) is 17.8. The molecule has 8 heteroatoms. The van der Waals surface area contributed by atoms with Crippen LogP contribution in [0.5, 0.6) is 0 Å². The molecule has 4 rings (SSSR count). The quantitative estimate of drug-likeness (QED) is 0.785. The molecular weight excluding hydrogens is 410 g/mol. The van der Waals surface area contributed by atoms with Gasteiger partial charge in [0.1, 0.15) is 4.90 Å². The van der Waals surface area contributed by atoms with Gasteiger partial charge in [-0.05, 0) is 56.0 Å². The number of halogens is 1. The first-order chi connectivity index (χ1) is 13.8. The number of aryl methyl sites for hydroxylation is 2. The van der Waals surface area contributed by atoms with Gasteiger partial charge in [0.05, 0.1) is 16.6 Å². The van der Waals surface area contributed by atoms with E-state index < -0.39 is 10.0 Å². The number of hydrogen-bond acceptors (Lipinski definition) is 4. The van der Waals surface area contributed by atoms with Crippen LogP contribution >= 0.6 is 11.6 Å². The molecule has 2 aromatic rings. The van der Waals surface area contributed by atoms with E-state index in [-0.39, 0.29) is 16.7 Å². The zero-order valence-electron chi connectivity index (χ0n) is 16.3. The minimum Gasteiger partial charge on any atom is -0.355 e. The SMILES string of the molecule is Cc1cc(C)c(NC(=O)C2CCCN(C3=NS(=O)(=O)c4ccccc43)C2)c(Cl)c1. The number of fused-ring (bicyclic) bond motifs is 1. The summed E-state index contributed by atoms with van der Waals surface area (Å²) in [6, 6.07) is 10.6. The van der Waals surface area contributed by atoms with E-state index in [4.69, 9.17) is 11.6 Å². The fourth-order valence-electron chi connectivity index (χ4n) is 4.00. The molecule has 6 nitrogen and oxygen atoms in total. The van der Waals surface area contributed by atoms with Gasteiger partial charge in [-0.15, -0.1) is 4.40 Å². The number of piperidine rings is 1. The summed E-state index contributed by atoms with van der Waals surface area (Å²) in [7, 11) is -3.68. The van der Waals surface area contributed by atoms with E-state index in [1.165, 1.54) is 0 Å². The standard InChI is InChI=1S/C21H22ClN3O3S/c1-13-10-14(2)19(17(22)11-13)23-21(26)15-6-5-9-25(12-15)20-16-7-3-4-8-18(16)29(27,28)24-20/h3-4,7-8,10-11,15H,5-6,9,12H2,1-2H3,(H,23,26). The molecule has 0 spiro atoms. The minimum absolute atomic E-state index is 0.113. The Hall–Kier alpha value is -2.38. The number of nitrogens with zero attached hydrogens (tertiary/aromatic N) is 2. The van der Waals surface area contributed by atoms with E-state index in [0.717, 1.165) is 24.0 Å². The molecule has 0 aromatic heterocycles. The minimum atomic E-state index is -3.68. The van der Waals surface area contributed by atoms with E-state index in [1.54, 1.807) is 24.3 Å². The van der Waals surface area contributed by atoms with Gasteiger partial charge >= 0.3 is 0 Å². The lowest BCUT2D eigenvalue weighted by Crippen LogP contribution is -2.43. The third kappa shape index (κ3) is 3.76. The number of nitrogens with one attached hydrogen (secondary N) is 1. The predicted octanol–water partition coefficient (Wildman–Crippen LogP) is 3.76. The van der Waals surface area contributed by atoms with Gasteiger partial charge in [-0.3, -0.25) is 4.79 Å². The molecule has 1 fully saturated rings. The molecule has 1 unspecified atom stereocenters. The number of carbonyl (C=O) groups is 1. The number of hydrogen-bond donors (Lipinski definition) is 1. The molecule has 2 heterocycles. The smallest absolute Gasteiger partial charge is 0.285 e. The van der Waals surface area contributed by atoms with Crippen LogP contribution in [-0.2, 0) is 14.8 Å². The molecule has 1 N–H and O–H groups in total. The van der Waals surface area contributed by atoms with Crippen molar-refractivity contribution in [1.29, 1.82) is 0 Å². The van der Waals surface area contributed by atoms with E-state index in [0.29, 0.717) is 35.2 Å². The highest BCUT2D eigenvalue weighted by Crippen LogP contribution is 2.31. The van der Waals surface area contributed by atoms with Crippen LogP contribution in [0.15, 0.2) is 45.7 Å². The average Bonchev–Trinajstić information content (AvgIpc) is 2.96. The molecule has 0 aliphatic carbocycles. The third-order valence-electron chi connectivity index (χ3n) is 5.38. The predicted molar refractivity (Wildman–Crippen MR) is 114 cm³/mol. The lowest BCUT2D eigenvalue weighted by Gasteiger charge is -2.33. The van der Waals surface area contributed by atoms with E-state index in [2.05, 4.69) is 9.71 Å². The molecule has 1 saturated heterocycles. The molecule has 2 aliphatic heterocycles. The molecule has 2 aromatic carbocycles. The zero-order chi connectivity index (χ0) is 20.8. The van der Waals surface area contributed by atoms with Crippen molar-refractivity contribution >= 4 is 39.1 Å². The largest absolute Gasteiger partial charge is 0.355 e. The van der Waals surface area contributed by atoms with Crippen LogP contribution < -0.4 is 5.32 Å². The topological polar surface area (TPSA) is 78.8 Å². The Morgan fingerprint density at radius 2 is 2.00 bits per heavy atom. The summed E-state index contributed by atoms with van der Waals surface area (Å²) < 4.78 is 28.7. The maximum atomic E-state index is 12.9. The van der Waals surface area contributed by atoms with Gasteiger partial charge in [-0.2, -0.15) is 8.42 Å². The van der Waals surface area contributed by atoms with Crippen molar-refractivity contribution in [3.63, 3.8) is 0 Å². The van der Waals surface area contributed by atoms with Gasteiger partial charge in [0.25, 0.3) is 10.0 Å². The summed E-state index contributed by atoms with van der Waals surface area (Å²) >= 11 is 6.33. The number of likely N-dealkylation sites (tertiary alicyclic amines) is 1. The van der Waals surface area contributed by atoms with Gasteiger partial charge in [0.2, 0.25) is 5.91 Å². The number of rotatable bonds is 2. The number of benzene rings is 2. The van der Waals surface area contributed by atoms with Gasteiger partial charge in [0.15, 0.2) is 5.84 Å². The lowest BCUT2D eigenvalue weighted by molar-refractivity contribution is -0.121. The Balaban J connectivity index is 1.55. The molecule has 2 aliphatic rings. The summed E-state index contributed by atoms with van der Waals surface area (Å²) in [6.07, 6.45) is 1.51. The molecular formula is C21H22ClN3O3S. The maximum absolute atomic E-state index is 12.9. The van der Waals surface area contributed by atoms with Crippen molar-refractivity contribution < 1.29 is 13.2 Å². The Labute approximate surface area is 175 Å². The van der Waals surface area contributed by atoms with E-state index >= 15 is 0 Å². The van der Waals surface area contributed by atoms with Crippen molar-refractivity contribution in [2.45, 2.75) is 31.6 Å². The second-order valence-electron chi connectivity index (χ2n) is 7.60. The molecule has 1 atom stereocenters. The van der Waals surface area contributed by atoms with Crippen LogP contribution in [0.3, 0.4) is 0 Å². The van der Waals surface area contributed by atoms with E-state index in [9.17, 15) is 13.2 Å². The third-order valence-corrected chi connectivity index (χ3v) is 7.01. The normalized spacial score (nSPS) is 20.2. The van der Waals surface area contributed by atoms with Crippen molar-refractivity contribution in [2.75, 3.05) is 18.4 Å². The average molecular weight is 432 g/mol. The number of carbonyl (C=O) groups excluding carboxylic acids is 1.